The minimum atomic E-state index is -0.677. The molecule has 8 nitrogen and oxygen atoms in total. The van der Waals surface area contributed by atoms with Gasteiger partial charge in [0.15, 0.2) is 0 Å². The number of benzene rings is 2. The standard InChI is InChI=1S/C30H38ClN3O5/c1-20-16-23(6-13-27(20)39-15-14-34-28(35)19-32(3)30(34)38)18-33(21(2)24-9-11-26(31)12-10-24)17-22-4-7-25(8-5-22)29(36)37/h6,9-13,16,21-22,25H,4-5,7-8,14-15,17-19H2,1-3H3,(H,36,37)/t21?,22-,25-. The maximum Gasteiger partial charge on any atom is 0.327 e. The summed E-state index contributed by atoms with van der Waals surface area (Å²) in [4.78, 5) is 40.6. The van der Waals surface area contributed by atoms with E-state index >= 15 is 0 Å². The number of nitrogens with zero attached hydrogens (tertiary/aromatic N) is 3. The Morgan fingerprint density at radius 2 is 1.82 bits per heavy atom. The van der Waals surface area contributed by atoms with Crippen LogP contribution in [0.3, 0.4) is 0 Å². The second kappa shape index (κ2) is 12.8. The normalized spacial score (nSPS) is 20.5. The van der Waals surface area contributed by atoms with Crippen molar-refractivity contribution in [3.63, 3.8) is 0 Å². The van der Waals surface area contributed by atoms with E-state index in [0.717, 1.165) is 55.6 Å². The van der Waals surface area contributed by atoms with Gasteiger partial charge in [0.25, 0.3) is 0 Å². The second-order valence-electron chi connectivity index (χ2n) is 10.8. The highest BCUT2D eigenvalue weighted by Gasteiger charge is 2.33. The summed E-state index contributed by atoms with van der Waals surface area (Å²) in [6, 6.07) is 14.0. The summed E-state index contributed by atoms with van der Waals surface area (Å²) in [6.45, 7) is 6.41. The van der Waals surface area contributed by atoms with Crippen molar-refractivity contribution in [1.29, 1.82) is 0 Å². The SMILES string of the molecule is Cc1cc(CN(C[C@H]2CC[C@H](C(=O)O)CC2)C(C)c2ccc(Cl)cc2)ccc1OCCN1C(=O)CN(C)C1=O. The van der Waals surface area contributed by atoms with E-state index < -0.39 is 5.97 Å². The lowest BCUT2D eigenvalue weighted by Crippen LogP contribution is -2.35. The molecule has 2 aromatic carbocycles. The van der Waals surface area contributed by atoms with Crippen LogP contribution in [-0.2, 0) is 16.1 Å². The molecular formula is C30H38ClN3O5. The van der Waals surface area contributed by atoms with E-state index in [9.17, 15) is 19.5 Å². The van der Waals surface area contributed by atoms with E-state index in [-0.39, 0.29) is 43.6 Å². The molecule has 9 heteroatoms. The first-order valence-electron chi connectivity index (χ1n) is 13.6. The van der Waals surface area contributed by atoms with Crippen LogP contribution in [0.15, 0.2) is 42.5 Å². The van der Waals surface area contributed by atoms with Crippen LogP contribution >= 0.6 is 11.6 Å². The predicted octanol–water partition coefficient (Wildman–Crippen LogP) is 5.38. The molecule has 2 fully saturated rings. The lowest BCUT2D eigenvalue weighted by atomic mass is 9.81. The molecular weight excluding hydrogens is 518 g/mol. The van der Waals surface area contributed by atoms with Gasteiger partial charge in [-0.1, -0.05) is 35.9 Å². The summed E-state index contributed by atoms with van der Waals surface area (Å²) in [5.41, 5.74) is 3.34. The van der Waals surface area contributed by atoms with Crippen LogP contribution in [-0.4, -0.2) is 71.0 Å². The van der Waals surface area contributed by atoms with Crippen LogP contribution in [0.2, 0.25) is 5.02 Å². The molecule has 1 atom stereocenters. The minimum absolute atomic E-state index is 0.110. The van der Waals surface area contributed by atoms with Crippen molar-refractivity contribution in [2.45, 2.75) is 52.1 Å². The first-order chi connectivity index (χ1) is 18.6. The van der Waals surface area contributed by atoms with E-state index in [4.69, 9.17) is 16.3 Å². The summed E-state index contributed by atoms with van der Waals surface area (Å²) in [5.74, 6) is 0.0823. The topological polar surface area (TPSA) is 90.4 Å². The molecule has 0 radical (unpaired) electrons. The Hall–Kier alpha value is -3.10. The Kier molecular flexibility index (Phi) is 9.51. The molecule has 210 valence electrons. The summed E-state index contributed by atoms with van der Waals surface area (Å²) in [6.07, 6.45) is 3.31. The number of aryl methyl sites for hydroxylation is 1. The molecule has 2 aromatic rings. The highest BCUT2D eigenvalue weighted by Crippen LogP contribution is 2.33. The van der Waals surface area contributed by atoms with E-state index in [1.165, 1.54) is 15.4 Å². The third kappa shape index (κ3) is 7.31. The molecule has 1 saturated heterocycles. The molecule has 39 heavy (non-hydrogen) atoms. The Labute approximate surface area is 235 Å². The molecule has 0 spiro atoms. The molecule has 3 amide bonds. The van der Waals surface area contributed by atoms with Crippen molar-refractivity contribution in [1.82, 2.24) is 14.7 Å². The number of urea groups is 1. The number of ether oxygens (including phenoxy) is 1. The lowest BCUT2D eigenvalue weighted by molar-refractivity contribution is -0.143. The first kappa shape index (κ1) is 28.9. The largest absolute Gasteiger partial charge is 0.491 e. The highest BCUT2D eigenvalue weighted by molar-refractivity contribution is 6.30. The van der Waals surface area contributed by atoms with Crippen LogP contribution in [0.4, 0.5) is 4.79 Å². The smallest absolute Gasteiger partial charge is 0.327 e. The number of carboxylic acids is 1. The lowest BCUT2D eigenvalue weighted by Gasteiger charge is -2.35. The molecule has 4 rings (SSSR count). The fourth-order valence-corrected chi connectivity index (χ4v) is 5.70. The van der Waals surface area contributed by atoms with Crippen LogP contribution in [0.1, 0.15) is 55.3 Å². The highest BCUT2D eigenvalue weighted by atomic mass is 35.5. The molecule has 1 aliphatic heterocycles. The second-order valence-corrected chi connectivity index (χ2v) is 11.3. The van der Waals surface area contributed by atoms with Crippen molar-refractivity contribution in [3.05, 3.63) is 64.2 Å². The number of amides is 3. The van der Waals surface area contributed by atoms with E-state index in [0.29, 0.717) is 10.9 Å². The monoisotopic (exact) mass is 555 g/mol. The van der Waals surface area contributed by atoms with Crippen LogP contribution in [0, 0.1) is 18.8 Å². The van der Waals surface area contributed by atoms with Crippen molar-refractivity contribution < 1.29 is 24.2 Å². The fraction of sp³-hybridized carbons (Fsp3) is 0.500. The molecule has 1 N–H and O–H groups in total. The summed E-state index contributed by atoms with van der Waals surface area (Å²) >= 11 is 6.13. The van der Waals surface area contributed by atoms with Gasteiger partial charge >= 0.3 is 12.0 Å². The summed E-state index contributed by atoms with van der Waals surface area (Å²) in [5, 5.41) is 10.1. The number of likely N-dealkylation sites (N-methyl/N-ethyl adjacent to an activating group) is 1. The Morgan fingerprint density at radius 3 is 2.41 bits per heavy atom. The zero-order valence-electron chi connectivity index (χ0n) is 22.9. The van der Waals surface area contributed by atoms with Crippen LogP contribution in [0.25, 0.3) is 0 Å². The Balaban J connectivity index is 1.41. The van der Waals surface area contributed by atoms with Gasteiger partial charge < -0.3 is 14.7 Å². The minimum Gasteiger partial charge on any atom is -0.491 e. The van der Waals surface area contributed by atoms with Gasteiger partial charge in [0.2, 0.25) is 5.91 Å². The van der Waals surface area contributed by atoms with Crippen LogP contribution in [0.5, 0.6) is 5.75 Å². The molecule has 1 aliphatic carbocycles. The molecule has 0 bridgehead atoms. The number of carbonyl (C=O) groups is 3. The van der Waals surface area contributed by atoms with E-state index in [1.54, 1.807) is 7.05 Å². The summed E-state index contributed by atoms with van der Waals surface area (Å²) < 4.78 is 5.93. The number of hydrogen-bond donors (Lipinski definition) is 1. The van der Waals surface area contributed by atoms with Crippen molar-refractivity contribution >= 4 is 29.5 Å². The number of hydrogen-bond acceptors (Lipinski definition) is 5. The number of rotatable bonds is 11. The van der Waals surface area contributed by atoms with Gasteiger partial charge in [-0.3, -0.25) is 19.4 Å². The molecule has 0 aromatic heterocycles. The van der Waals surface area contributed by atoms with Gasteiger partial charge in [-0.2, -0.15) is 0 Å². The first-order valence-corrected chi connectivity index (χ1v) is 14.0. The third-order valence-electron chi connectivity index (χ3n) is 8.02. The maximum atomic E-state index is 12.1. The van der Waals surface area contributed by atoms with Gasteiger partial charge in [0.05, 0.1) is 12.5 Å². The van der Waals surface area contributed by atoms with Gasteiger partial charge in [0.1, 0.15) is 18.9 Å². The number of halogens is 1. The average Bonchev–Trinajstić information content (AvgIpc) is 3.15. The number of aliphatic carboxylic acids is 1. The fourth-order valence-electron chi connectivity index (χ4n) is 5.58. The van der Waals surface area contributed by atoms with Gasteiger partial charge in [0, 0.05) is 31.2 Å². The van der Waals surface area contributed by atoms with Crippen LogP contribution < -0.4 is 4.74 Å². The number of carboxylic acid groups (broad SMARTS) is 1. The zero-order valence-corrected chi connectivity index (χ0v) is 23.7. The van der Waals surface area contributed by atoms with E-state index in [1.807, 2.05) is 25.1 Å². The molecule has 1 heterocycles. The third-order valence-corrected chi connectivity index (χ3v) is 8.27. The van der Waals surface area contributed by atoms with E-state index in [2.05, 4.69) is 36.1 Å². The maximum absolute atomic E-state index is 12.1. The zero-order chi connectivity index (χ0) is 28.1. The Morgan fingerprint density at radius 1 is 1.13 bits per heavy atom. The van der Waals surface area contributed by atoms with Crippen molar-refractivity contribution in [3.8, 4) is 5.75 Å². The van der Waals surface area contributed by atoms with Gasteiger partial charge in [-0.25, -0.2) is 4.79 Å². The van der Waals surface area contributed by atoms with Gasteiger partial charge in [-0.05, 0) is 80.3 Å². The van der Waals surface area contributed by atoms with Crippen molar-refractivity contribution in [2.75, 3.05) is 33.3 Å². The predicted molar refractivity (Wildman–Crippen MR) is 150 cm³/mol. The number of imide groups is 1. The molecule has 2 aliphatic rings. The molecule has 1 unspecified atom stereocenters. The summed E-state index contributed by atoms with van der Waals surface area (Å²) in [7, 11) is 1.61. The number of carbonyl (C=O) groups excluding carboxylic acids is 2. The average molecular weight is 556 g/mol. The Bertz CT molecular complexity index is 1180. The molecule has 1 saturated carbocycles. The van der Waals surface area contributed by atoms with Gasteiger partial charge in [-0.15, -0.1) is 0 Å². The van der Waals surface area contributed by atoms with Crippen molar-refractivity contribution in [2.24, 2.45) is 11.8 Å². The quantitative estimate of drug-likeness (QED) is 0.375.